The van der Waals surface area contributed by atoms with Gasteiger partial charge < -0.3 is 10.1 Å². The van der Waals surface area contributed by atoms with Gasteiger partial charge in [0.25, 0.3) is 5.91 Å². The summed E-state index contributed by atoms with van der Waals surface area (Å²) in [6.45, 7) is 3.55. The van der Waals surface area contributed by atoms with Crippen LogP contribution in [0.5, 0.6) is 5.75 Å². The van der Waals surface area contributed by atoms with E-state index in [9.17, 15) is 9.59 Å². The van der Waals surface area contributed by atoms with Gasteiger partial charge >= 0.3 is 0 Å². The molecule has 0 saturated heterocycles. The van der Waals surface area contributed by atoms with Crippen LogP contribution in [0.1, 0.15) is 13.8 Å². The largest absolute Gasteiger partial charge is 0.484 e. The molecule has 2 amide bonds. The number of carbonyl (C=O) groups is 2. The third kappa shape index (κ3) is 5.86. The van der Waals surface area contributed by atoms with E-state index < -0.39 is 6.04 Å². The quantitative estimate of drug-likeness (QED) is 0.594. The summed E-state index contributed by atoms with van der Waals surface area (Å²) in [5, 5.41) is 14.7. The van der Waals surface area contributed by atoms with Crippen molar-refractivity contribution in [1.82, 2.24) is 15.5 Å². The molecule has 8 heteroatoms. The Labute approximate surface area is 173 Å². The zero-order valence-corrected chi connectivity index (χ0v) is 17.0. The fraction of sp³-hybridized carbons (Fsp3) is 0.238. The zero-order chi connectivity index (χ0) is 20.6. The van der Waals surface area contributed by atoms with E-state index in [1.54, 1.807) is 12.1 Å². The van der Waals surface area contributed by atoms with E-state index in [-0.39, 0.29) is 24.3 Å². The molecule has 3 aromatic rings. The lowest BCUT2D eigenvalue weighted by Gasteiger charge is -2.21. The number of aromatic nitrogens is 2. The Bertz CT molecular complexity index is 945. The van der Waals surface area contributed by atoms with Gasteiger partial charge in [-0.2, -0.15) is 0 Å². The third-order valence-electron chi connectivity index (χ3n) is 4.05. The first kappa shape index (κ1) is 20.5. The van der Waals surface area contributed by atoms with E-state index in [2.05, 4.69) is 20.8 Å². The minimum atomic E-state index is -0.717. The van der Waals surface area contributed by atoms with Crippen LogP contribution in [0.25, 0.3) is 10.6 Å². The molecule has 1 unspecified atom stereocenters. The number of ether oxygens (including phenoxy) is 1. The Morgan fingerprint density at radius 3 is 2.31 bits per heavy atom. The predicted octanol–water partition coefficient (Wildman–Crippen LogP) is 3.36. The number of nitrogens with one attached hydrogen (secondary N) is 2. The van der Waals surface area contributed by atoms with Crippen LogP contribution in [0, 0.1) is 5.92 Å². The molecule has 0 fully saturated rings. The average molecular weight is 410 g/mol. The molecule has 1 heterocycles. The van der Waals surface area contributed by atoms with E-state index in [4.69, 9.17) is 4.74 Å². The molecule has 29 heavy (non-hydrogen) atoms. The number of amides is 2. The van der Waals surface area contributed by atoms with Gasteiger partial charge in [-0.3, -0.25) is 14.9 Å². The monoisotopic (exact) mass is 410 g/mol. The van der Waals surface area contributed by atoms with Gasteiger partial charge in [-0.05, 0) is 18.1 Å². The second-order valence-corrected chi connectivity index (χ2v) is 7.64. The van der Waals surface area contributed by atoms with Gasteiger partial charge in [0.2, 0.25) is 11.0 Å². The summed E-state index contributed by atoms with van der Waals surface area (Å²) in [5.74, 6) is -0.235. The molecule has 2 aromatic carbocycles. The number of benzene rings is 2. The SMILES string of the molecule is CC(C)C(NC(=O)COc1ccccc1)C(=O)Nc1nnc(-c2ccccc2)s1. The van der Waals surface area contributed by atoms with Crippen LogP contribution in [0.4, 0.5) is 5.13 Å². The highest BCUT2D eigenvalue weighted by Crippen LogP contribution is 2.26. The van der Waals surface area contributed by atoms with Crippen molar-refractivity contribution in [3.8, 4) is 16.3 Å². The Hall–Kier alpha value is -3.26. The van der Waals surface area contributed by atoms with E-state index >= 15 is 0 Å². The van der Waals surface area contributed by atoms with Crippen molar-refractivity contribution in [3.63, 3.8) is 0 Å². The van der Waals surface area contributed by atoms with Crippen molar-refractivity contribution < 1.29 is 14.3 Å². The normalized spacial score (nSPS) is 11.7. The van der Waals surface area contributed by atoms with E-state index in [0.29, 0.717) is 15.9 Å². The second-order valence-electron chi connectivity index (χ2n) is 6.66. The van der Waals surface area contributed by atoms with Gasteiger partial charge in [-0.15, -0.1) is 10.2 Å². The first-order valence-electron chi connectivity index (χ1n) is 9.20. The topological polar surface area (TPSA) is 93.2 Å². The first-order valence-corrected chi connectivity index (χ1v) is 10.0. The number of rotatable bonds is 8. The lowest BCUT2D eigenvalue weighted by molar-refractivity contribution is -0.128. The molecular formula is C21H22N4O3S. The fourth-order valence-electron chi connectivity index (χ4n) is 2.57. The summed E-state index contributed by atoms with van der Waals surface area (Å²) in [4.78, 5) is 24.9. The maximum absolute atomic E-state index is 12.7. The van der Waals surface area contributed by atoms with Crippen LogP contribution in [-0.4, -0.2) is 34.7 Å². The van der Waals surface area contributed by atoms with Gasteiger partial charge in [0, 0.05) is 5.56 Å². The van der Waals surface area contributed by atoms with E-state index in [0.717, 1.165) is 5.56 Å². The Kier molecular flexibility index (Phi) is 6.91. The van der Waals surface area contributed by atoms with E-state index in [1.165, 1.54) is 11.3 Å². The average Bonchev–Trinajstić information content (AvgIpc) is 3.20. The standard InChI is InChI=1S/C21H22N4O3S/c1-14(2)18(22-17(26)13-28-16-11-7-4-8-12-16)19(27)23-21-25-24-20(29-21)15-9-5-3-6-10-15/h3-12,14,18H,13H2,1-2H3,(H,22,26)(H,23,25,27). The molecule has 0 radical (unpaired) electrons. The molecule has 1 aromatic heterocycles. The maximum Gasteiger partial charge on any atom is 0.258 e. The van der Waals surface area contributed by atoms with Crippen molar-refractivity contribution in [2.75, 3.05) is 11.9 Å². The van der Waals surface area contributed by atoms with E-state index in [1.807, 2.05) is 62.4 Å². The molecule has 7 nitrogen and oxygen atoms in total. The smallest absolute Gasteiger partial charge is 0.258 e. The summed E-state index contributed by atoms with van der Waals surface area (Å²) in [5.41, 5.74) is 0.928. The molecule has 0 aliphatic carbocycles. The van der Waals surface area contributed by atoms with Crippen molar-refractivity contribution >= 4 is 28.3 Å². The molecule has 150 valence electrons. The molecule has 0 aliphatic rings. The first-order chi connectivity index (χ1) is 14.0. The summed E-state index contributed by atoms with van der Waals surface area (Å²) < 4.78 is 5.43. The van der Waals surface area contributed by atoms with Crippen LogP contribution in [0.2, 0.25) is 0 Å². The van der Waals surface area contributed by atoms with Gasteiger partial charge in [0.05, 0.1) is 0 Å². The Morgan fingerprint density at radius 1 is 1.00 bits per heavy atom. The lowest BCUT2D eigenvalue weighted by Crippen LogP contribution is -2.48. The molecule has 1 atom stereocenters. The van der Waals surface area contributed by atoms with Gasteiger partial charge in [-0.25, -0.2) is 0 Å². The van der Waals surface area contributed by atoms with Gasteiger partial charge in [0.15, 0.2) is 6.61 Å². The highest BCUT2D eigenvalue weighted by molar-refractivity contribution is 7.18. The summed E-state index contributed by atoms with van der Waals surface area (Å²) in [6, 6.07) is 17.9. The minimum absolute atomic E-state index is 0.114. The molecule has 2 N–H and O–H groups in total. The summed E-state index contributed by atoms with van der Waals surface area (Å²) in [7, 11) is 0. The minimum Gasteiger partial charge on any atom is -0.484 e. The second kappa shape index (κ2) is 9.79. The van der Waals surface area contributed by atoms with Crippen molar-refractivity contribution in [2.24, 2.45) is 5.92 Å². The lowest BCUT2D eigenvalue weighted by atomic mass is 10.0. The molecule has 0 saturated carbocycles. The van der Waals surface area contributed by atoms with Crippen LogP contribution in [-0.2, 0) is 9.59 Å². The number of nitrogens with zero attached hydrogens (tertiary/aromatic N) is 2. The van der Waals surface area contributed by atoms with Crippen LogP contribution < -0.4 is 15.4 Å². The predicted molar refractivity (Wildman–Crippen MR) is 113 cm³/mol. The van der Waals surface area contributed by atoms with Gasteiger partial charge in [-0.1, -0.05) is 73.7 Å². The Morgan fingerprint density at radius 2 is 1.66 bits per heavy atom. The molecular weight excluding hydrogens is 388 g/mol. The number of para-hydroxylation sites is 1. The van der Waals surface area contributed by atoms with Crippen molar-refractivity contribution in [1.29, 1.82) is 0 Å². The number of hydrogen-bond acceptors (Lipinski definition) is 6. The number of anilines is 1. The van der Waals surface area contributed by atoms with Crippen LogP contribution >= 0.6 is 11.3 Å². The summed E-state index contributed by atoms with van der Waals surface area (Å²) >= 11 is 1.28. The molecule has 0 bridgehead atoms. The van der Waals surface area contributed by atoms with Crippen LogP contribution in [0.15, 0.2) is 60.7 Å². The fourth-order valence-corrected chi connectivity index (χ4v) is 3.32. The molecule has 0 aliphatic heterocycles. The Balaban J connectivity index is 1.58. The highest BCUT2D eigenvalue weighted by Gasteiger charge is 2.25. The van der Waals surface area contributed by atoms with Crippen molar-refractivity contribution in [2.45, 2.75) is 19.9 Å². The van der Waals surface area contributed by atoms with Crippen molar-refractivity contribution in [3.05, 3.63) is 60.7 Å². The molecule has 0 spiro atoms. The van der Waals surface area contributed by atoms with Gasteiger partial charge in [0.1, 0.15) is 16.8 Å². The highest BCUT2D eigenvalue weighted by atomic mass is 32.1. The number of hydrogen-bond donors (Lipinski definition) is 2. The van der Waals surface area contributed by atoms with Crippen LogP contribution in [0.3, 0.4) is 0 Å². The zero-order valence-electron chi connectivity index (χ0n) is 16.2. The maximum atomic E-state index is 12.7. The summed E-state index contributed by atoms with van der Waals surface area (Å²) in [6.07, 6.45) is 0. The third-order valence-corrected chi connectivity index (χ3v) is 4.94. The number of carbonyl (C=O) groups excluding carboxylic acids is 2. The molecule has 3 rings (SSSR count).